The van der Waals surface area contributed by atoms with Gasteiger partial charge in [0.05, 0.1) is 11.9 Å². The second-order valence-corrected chi connectivity index (χ2v) is 5.19. The SMILES string of the molecule is C#CCn1ncc(NCCCC(C)CO)c(Br)c1=O. The molecule has 6 heteroatoms. The molecule has 19 heavy (non-hydrogen) atoms. The molecular formula is C13H18BrN3O2. The number of aliphatic hydroxyl groups is 1. The highest BCUT2D eigenvalue weighted by Crippen LogP contribution is 2.16. The molecule has 1 heterocycles. The van der Waals surface area contributed by atoms with Crippen molar-refractivity contribution in [2.45, 2.75) is 26.3 Å². The van der Waals surface area contributed by atoms with Crippen molar-refractivity contribution in [1.29, 1.82) is 0 Å². The number of rotatable bonds is 7. The van der Waals surface area contributed by atoms with Crippen LogP contribution < -0.4 is 10.9 Å². The topological polar surface area (TPSA) is 67.2 Å². The van der Waals surface area contributed by atoms with Crippen LogP contribution in [0.3, 0.4) is 0 Å². The predicted octanol–water partition coefficient (Wildman–Crippen LogP) is 1.46. The van der Waals surface area contributed by atoms with Gasteiger partial charge < -0.3 is 10.4 Å². The molecule has 0 aliphatic carbocycles. The van der Waals surface area contributed by atoms with Crippen LogP contribution in [0.15, 0.2) is 15.5 Å². The lowest BCUT2D eigenvalue weighted by atomic mass is 10.1. The Hall–Kier alpha value is -1.32. The van der Waals surface area contributed by atoms with Crippen LogP contribution in [0.5, 0.6) is 0 Å². The number of terminal acetylenes is 1. The number of nitrogens with zero attached hydrogens (tertiary/aromatic N) is 2. The van der Waals surface area contributed by atoms with E-state index >= 15 is 0 Å². The summed E-state index contributed by atoms with van der Waals surface area (Å²) in [6.07, 6.45) is 8.59. The molecule has 1 rings (SSSR count). The second-order valence-electron chi connectivity index (χ2n) is 4.40. The highest BCUT2D eigenvalue weighted by atomic mass is 79.9. The Labute approximate surface area is 121 Å². The third-order valence-corrected chi connectivity index (χ3v) is 3.49. The van der Waals surface area contributed by atoms with E-state index in [2.05, 4.69) is 32.3 Å². The molecule has 0 fully saturated rings. The first-order valence-electron chi connectivity index (χ1n) is 6.14. The normalized spacial score (nSPS) is 11.9. The summed E-state index contributed by atoms with van der Waals surface area (Å²) in [5.74, 6) is 2.68. The van der Waals surface area contributed by atoms with Gasteiger partial charge in [-0.05, 0) is 34.7 Å². The number of aliphatic hydroxyl groups excluding tert-OH is 1. The Morgan fingerprint density at radius 1 is 1.68 bits per heavy atom. The maximum Gasteiger partial charge on any atom is 0.284 e. The Bertz CT molecular complexity index is 508. The van der Waals surface area contributed by atoms with Gasteiger partial charge in [-0.3, -0.25) is 4.79 Å². The number of hydrogen-bond donors (Lipinski definition) is 2. The molecule has 5 nitrogen and oxygen atoms in total. The molecule has 1 atom stereocenters. The fourth-order valence-electron chi connectivity index (χ4n) is 1.55. The van der Waals surface area contributed by atoms with Gasteiger partial charge in [-0.15, -0.1) is 6.42 Å². The van der Waals surface area contributed by atoms with Crippen molar-refractivity contribution in [2.24, 2.45) is 5.92 Å². The third-order valence-electron chi connectivity index (χ3n) is 2.73. The maximum atomic E-state index is 11.9. The molecule has 0 radical (unpaired) electrons. The lowest BCUT2D eigenvalue weighted by Crippen LogP contribution is -2.24. The Morgan fingerprint density at radius 3 is 3.05 bits per heavy atom. The van der Waals surface area contributed by atoms with Gasteiger partial charge in [0.2, 0.25) is 0 Å². The van der Waals surface area contributed by atoms with Crippen molar-refractivity contribution in [3.05, 3.63) is 21.0 Å². The summed E-state index contributed by atoms with van der Waals surface area (Å²) in [7, 11) is 0. The smallest absolute Gasteiger partial charge is 0.284 e. The quantitative estimate of drug-likeness (QED) is 0.587. The monoisotopic (exact) mass is 327 g/mol. The molecule has 0 aliphatic rings. The Morgan fingerprint density at radius 2 is 2.42 bits per heavy atom. The van der Waals surface area contributed by atoms with Crippen LogP contribution in [0.25, 0.3) is 0 Å². The zero-order chi connectivity index (χ0) is 14.3. The number of hydrogen-bond acceptors (Lipinski definition) is 4. The van der Waals surface area contributed by atoms with E-state index in [9.17, 15) is 4.79 Å². The first-order chi connectivity index (χ1) is 9.10. The zero-order valence-corrected chi connectivity index (χ0v) is 12.5. The van der Waals surface area contributed by atoms with Crippen LogP contribution in [0.1, 0.15) is 19.8 Å². The van der Waals surface area contributed by atoms with Gasteiger partial charge in [-0.2, -0.15) is 5.10 Å². The molecule has 0 aromatic carbocycles. The molecule has 1 unspecified atom stereocenters. The standard InChI is InChI=1S/C13H18BrN3O2/c1-3-7-17-13(19)12(14)11(8-16-17)15-6-4-5-10(2)9-18/h1,8,10,15,18H,4-7,9H2,2H3. The van der Waals surface area contributed by atoms with Gasteiger partial charge in [-0.25, -0.2) is 4.68 Å². The summed E-state index contributed by atoms with van der Waals surface area (Å²) < 4.78 is 1.66. The van der Waals surface area contributed by atoms with Crippen molar-refractivity contribution in [3.8, 4) is 12.3 Å². The van der Waals surface area contributed by atoms with Crippen molar-refractivity contribution in [3.63, 3.8) is 0 Å². The van der Waals surface area contributed by atoms with Crippen LogP contribution in [0.2, 0.25) is 0 Å². The van der Waals surface area contributed by atoms with E-state index in [1.165, 1.54) is 4.68 Å². The lowest BCUT2D eigenvalue weighted by molar-refractivity contribution is 0.229. The van der Waals surface area contributed by atoms with E-state index < -0.39 is 0 Å². The summed E-state index contributed by atoms with van der Waals surface area (Å²) >= 11 is 3.25. The van der Waals surface area contributed by atoms with Crippen LogP contribution in [0.4, 0.5) is 5.69 Å². The second kappa shape index (κ2) is 7.97. The molecule has 0 saturated heterocycles. The van der Waals surface area contributed by atoms with E-state index in [0.29, 0.717) is 16.1 Å². The van der Waals surface area contributed by atoms with E-state index in [4.69, 9.17) is 11.5 Å². The van der Waals surface area contributed by atoms with Crippen LogP contribution >= 0.6 is 15.9 Å². The van der Waals surface area contributed by atoms with E-state index in [1.807, 2.05) is 6.92 Å². The molecule has 104 valence electrons. The number of aromatic nitrogens is 2. The molecular weight excluding hydrogens is 310 g/mol. The fraction of sp³-hybridized carbons (Fsp3) is 0.538. The van der Waals surface area contributed by atoms with Gasteiger partial charge >= 0.3 is 0 Å². The molecule has 0 spiro atoms. The predicted molar refractivity (Wildman–Crippen MR) is 79.0 cm³/mol. The average Bonchev–Trinajstić information content (AvgIpc) is 2.42. The van der Waals surface area contributed by atoms with Gasteiger partial charge in [0, 0.05) is 13.2 Å². The summed E-state index contributed by atoms with van der Waals surface area (Å²) in [6.45, 7) is 3.08. The number of anilines is 1. The van der Waals surface area contributed by atoms with E-state index in [0.717, 1.165) is 19.4 Å². The molecule has 0 aliphatic heterocycles. The number of halogens is 1. The summed E-state index contributed by atoms with van der Waals surface area (Å²) in [5.41, 5.74) is 0.418. The molecule has 1 aromatic rings. The molecule has 1 aromatic heterocycles. The summed E-state index contributed by atoms with van der Waals surface area (Å²) in [5, 5.41) is 16.0. The average molecular weight is 328 g/mol. The van der Waals surface area contributed by atoms with Gasteiger partial charge in [-0.1, -0.05) is 12.8 Å². The fourth-order valence-corrected chi connectivity index (χ4v) is 2.00. The highest BCUT2D eigenvalue weighted by molar-refractivity contribution is 9.10. The summed E-state index contributed by atoms with van der Waals surface area (Å²) in [6, 6.07) is 0. The van der Waals surface area contributed by atoms with Crippen LogP contribution in [0, 0.1) is 18.3 Å². The van der Waals surface area contributed by atoms with Gasteiger partial charge in [0.1, 0.15) is 11.0 Å². The first-order valence-corrected chi connectivity index (χ1v) is 6.93. The largest absolute Gasteiger partial charge is 0.396 e. The van der Waals surface area contributed by atoms with Gasteiger partial charge in [0.25, 0.3) is 5.56 Å². The summed E-state index contributed by atoms with van der Waals surface area (Å²) in [4.78, 5) is 11.9. The maximum absolute atomic E-state index is 11.9. The van der Waals surface area contributed by atoms with Crippen molar-refractivity contribution < 1.29 is 5.11 Å². The third kappa shape index (κ3) is 4.69. The Kier molecular flexibility index (Phi) is 6.60. The minimum Gasteiger partial charge on any atom is -0.396 e. The molecule has 0 saturated carbocycles. The van der Waals surface area contributed by atoms with Crippen LogP contribution in [-0.4, -0.2) is 28.0 Å². The minimum atomic E-state index is -0.244. The molecule has 0 amide bonds. The zero-order valence-electron chi connectivity index (χ0n) is 10.9. The van der Waals surface area contributed by atoms with Crippen molar-refractivity contribution >= 4 is 21.6 Å². The van der Waals surface area contributed by atoms with E-state index in [1.54, 1.807) is 6.20 Å². The lowest BCUT2D eigenvalue weighted by Gasteiger charge is -2.11. The van der Waals surface area contributed by atoms with Crippen LogP contribution in [-0.2, 0) is 6.54 Å². The van der Waals surface area contributed by atoms with Gasteiger partial charge in [0.15, 0.2) is 0 Å². The minimum absolute atomic E-state index is 0.158. The Balaban J connectivity index is 2.58. The molecule has 2 N–H and O–H groups in total. The van der Waals surface area contributed by atoms with E-state index in [-0.39, 0.29) is 18.7 Å². The number of nitrogens with one attached hydrogen (secondary N) is 1. The van der Waals surface area contributed by atoms with Crippen molar-refractivity contribution in [2.75, 3.05) is 18.5 Å². The molecule has 0 bridgehead atoms. The first kappa shape index (κ1) is 15.7. The van der Waals surface area contributed by atoms with Crippen molar-refractivity contribution in [1.82, 2.24) is 9.78 Å². The highest BCUT2D eigenvalue weighted by Gasteiger charge is 2.08.